The lowest BCUT2D eigenvalue weighted by Gasteiger charge is -1.64. The molecule has 0 aromatic carbocycles. The van der Waals surface area contributed by atoms with Crippen LogP contribution in [-0.2, 0) is 13.9 Å². The van der Waals surface area contributed by atoms with Gasteiger partial charge in [0.1, 0.15) is 0 Å². The van der Waals surface area contributed by atoms with Crippen molar-refractivity contribution in [1.29, 1.82) is 0 Å². The number of hydrogen-bond donors (Lipinski definition) is 5. The molecule has 0 aromatic rings. The largest absolute Gasteiger partial charge is 0.362 e. The van der Waals surface area contributed by atoms with E-state index < -0.39 is 16.5 Å². The van der Waals surface area contributed by atoms with Crippen LogP contribution in [0.4, 0.5) is 0 Å². The molecule has 0 spiro atoms. The Labute approximate surface area is 69.8 Å². The van der Waals surface area contributed by atoms with Gasteiger partial charge in [-0.2, -0.15) is 0 Å². The summed E-state index contributed by atoms with van der Waals surface area (Å²) in [5.74, 6) is 0. The molecular formula is C2H11NO7P2. The lowest BCUT2D eigenvalue weighted by molar-refractivity contribution is -0.109. The Bertz CT molecular complexity index is 117. The number of hydrogen-bond acceptors (Lipinski definition) is 3. The summed E-state index contributed by atoms with van der Waals surface area (Å²) in [5, 5.41) is 2.25. The fourth-order valence-corrected chi connectivity index (χ4v) is 0. The molecule has 0 aromatic heterocycles. The van der Waals surface area contributed by atoms with E-state index in [0.717, 1.165) is 0 Å². The van der Waals surface area contributed by atoms with Gasteiger partial charge in [0.25, 0.3) is 0 Å². The molecule has 0 saturated heterocycles. The molecule has 0 radical (unpaired) electrons. The van der Waals surface area contributed by atoms with E-state index in [1.807, 2.05) is 0 Å². The van der Waals surface area contributed by atoms with Gasteiger partial charge < -0.3 is 24.9 Å². The van der Waals surface area contributed by atoms with Crippen molar-refractivity contribution in [3.63, 3.8) is 0 Å². The van der Waals surface area contributed by atoms with E-state index in [9.17, 15) is 0 Å². The van der Waals surface area contributed by atoms with Crippen molar-refractivity contribution in [2.75, 3.05) is 7.05 Å². The normalized spacial score (nSPS) is 7.58. The zero-order chi connectivity index (χ0) is 10.6. The Morgan fingerprint density at radius 3 is 1.17 bits per heavy atom. The van der Waals surface area contributed by atoms with E-state index >= 15 is 0 Å². The molecule has 1 amide bonds. The molecule has 5 N–H and O–H groups in total. The molecule has 76 valence electrons. The van der Waals surface area contributed by atoms with Gasteiger partial charge in [0.15, 0.2) is 0 Å². The van der Waals surface area contributed by atoms with E-state index in [-0.39, 0.29) is 0 Å². The Balaban J connectivity index is -0.000000101. The molecule has 10 heteroatoms. The van der Waals surface area contributed by atoms with Gasteiger partial charge in [-0.25, -0.2) is 0 Å². The summed E-state index contributed by atoms with van der Waals surface area (Å²) < 4.78 is 17.5. The predicted molar refractivity (Wildman–Crippen MR) is 42.0 cm³/mol. The highest BCUT2D eigenvalue weighted by Gasteiger charge is 1.62. The predicted octanol–water partition coefficient (Wildman–Crippen LogP) is -1.92. The maximum atomic E-state index is 9.06. The van der Waals surface area contributed by atoms with E-state index in [4.69, 9.17) is 33.5 Å². The fourth-order valence-electron chi connectivity index (χ4n) is 0. The Hall–Kier alpha value is -0.230. The van der Waals surface area contributed by atoms with Crippen molar-refractivity contribution >= 4 is 22.9 Å². The van der Waals surface area contributed by atoms with Crippen LogP contribution in [0.1, 0.15) is 0 Å². The number of carbonyl (C=O) groups excluding carboxylic acids is 1. The zero-order valence-corrected chi connectivity index (χ0v) is 8.09. The average Bonchev–Trinajstić information content (AvgIpc) is 1.85. The fraction of sp³-hybridized carbons (Fsp3) is 0.500. The Morgan fingerprint density at radius 1 is 1.08 bits per heavy atom. The summed E-state index contributed by atoms with van der Waals surface area (Å²) in [5.41, 5.74) is 0. The number of carbonyl (C=O) groups is 1. The summed E-state index contributed by atoms with van der Waals surface area (Å²) >= 11 is 0. The second-order valence-corrected chi connectivity index (χ2v) is 2.10. The summed E-state index contributed by atoms with van der Waals surface area (Å²) in [7, 11) is -4.70. The number of nitrogens with one attached hydrogen (secondary N) is 1. The molecule has 0 aliphatic carbocycles. The van der Waals surface area contributed by atoms with Gasteiger partial charge in [0, 0.05) is 7.05 Å². The highest BCUT2D eigenvalue weighted by molar-refractivity contribution is 7.31. The van der Waals surface area contributed by atoms with Crippen LogP contribution in [0, 0.1) is 0 Å². The molecule has 0 unspecified atom stereocenters. The second kappa shape index (κ2) is 17.0. The van der Waals surface area contributed by atoms with Crippen LogP contribution in [0.25, 0.3) is 0 Å². The van der Waals surface area contributed by atoms with Crippen molar-refractivity contribution < 1.29 is 33.5 Å². The molecule has 0 atom stereocenters. The van der Waals surface area contributed by atoms with Crippen LogP contribution >= 0.6 is 16.5 Å². The molecule has 8 nitrogen and oxygen atoms in total. The third-order valence-electron chi connectivity index (χ3n) is 0.118. The molecule has 0 aliphatic rings. The van der Waals surface area contributed by atoms with Crippen LogP contribution in [0.15, 0.2) is 0 Å². The van der Waals surface area contributed by atoms with Crippen LogP contribution < -0.4 is 5.32 Å². The topological polar surface area (TPSA) is 144 Å². The summed E-state index contributed by atoms with van der Waals surface area (Å²) in [6, 6.07) is 0. The molecule has 0 aliphatic heterocycles. The van der Waals surface area contributed by atoms with Gasteiger partial charge in [-0.15, -0.1) is 0 Å². The van der Waals surface area contributed by atoms with E-state index in [1.165, 1.54) is 0 Å². The summed E-state index contributed by atoms with van der Waals surface area (Å²) in [6.45, 7) is 0. The van der Waals surface area contributed by atoms with Gasteiger partial charge in [-0.3, -0.25) is 13.9 Å². The van der Waals surface area contributed by atoms with Gasteiger partial charge in [0.2, 0.25) is 6.41 Å². The van der Waals surface area contributed by atoms with Crippen LogP contribution in [-0.4, -0.2) is 33.0 Å². The molecule has 0 saturated carbocycles. The zero-order valence-electron chi connectivity index (χ0n) is 6.09. The maximum Gasteiger partial charge on any atom is 0.314 e. The van der Waals surface area contributed by atoms with Crippen molar-refractivity contribution in [3.05, 3.63) is 0 Å². The van der Waals surface area contributed by atoms with Gasteiger partial charge in [-0.1, -0.05) is 0 Å². The first-order chi connectivity index (χ1) is 5.38. The molecular weight excluding hydrogens is 212 g/mol. The first kappa shape index (κ1) is 17.8. The first-order valence-corrected chi connectivity index (χ1v) is 4.93. The minimum Gasteiger partial charge on any atom is -0.362 e. The van der Waals surface area contributed by atoms with Crippen molar-refractivity contribution in [3.8, 4) is 0 Å². The van der Waals surface area contributed by atoms with Crippen molar-refractivity contribution in [2.24, 2.45) is 0 Å². The van der Waals surface area contributed by atoms with Crippen LogP contribution in [0.2, 0.25) is 0 Å². The van der Waals surface area contributed by atoms with Gasteiger partial charge in [-0.05, 0) is 0 Å². The SMILES string of the molecule is CNC=O.O=[PH](O)O.O=[PH](O)O. The lowest BCUT2D eigenvalue weighted by atomic mass is 11.2. The van der Waals surface area contributed by atoms with E-state index in [0.29, 0.717) is 6.41 Å². The number of rotatable bonds is 1. The smallest absolute Gasteiger partial charge is 0.314 e. The van der Waals surface area contributed by atoms with Crippen LogP contribution in [0.3, 0.4) is 0 Å². The lowest BCUT2D eigenvalue weighted by Crippen LogP contribution is -1.98. The van der Waals surface area contributed by atoms with Crippen LogP contribution in [0.5, 0.6) is 0 Å². The minimum atomic E-state index is -3.13. The first-order valence-electron chi connectivity index (χ1n) is 2.33. The highest BCUT2D eigenvalue weighted by Crippen LogP contribution is 1.98. The highest BCUT2D eigenvalue weighted by atomic mass is 31.1. The average molecular weight is 223 g/mol. The summed E-state index contributed by atoms with van der Waals surface area (Å²) in [6.07, 6.45) is 0.625. The molecule has 0 bridgehead atoms. The van der Waals surface area contributed by atoms with Gasteiger partial charge >= 0.3 is 16.5 Å². The monoisotopic (exact) mass is 223 g/mol. The van der Waals surface area contributed by atoms with E-state index in [2.05, 4.69) is 5.32 Å². The third kappa shape index (κ3) is 1270. The van der Waals surface area contributed by atoms with Crippen molar-refractivity contribution in [2.45, 2.75) is 0 Å². The summed E-state index contributed by atoms with van der Waals surface area (Å²) in [4.78, 5) is 37.7. The Morgan fingerprint density at radius 2 is 1.17 bits per heavy atom. The molecule has 0 fully saturated rings. The molecule has 0 rings (SSSR count). The molecule has 0 heterocycles. The Kier molecular flexibility index (Phi) is 25.2. The quantitative estimate of drug-likeness (QED) is 0.257. The van der Waals surface area contributed by atoms with Crippen molar-refractivity contribution in [1.82, 2.24) is 5.32 Å². The standard InChI is InChI=1S/C2H5NO.2H3O3P/c1-3-2-4;2*1-4(2)3/h2H,1H3,(H,3,4);2*4H,(H2,1,2,3). The maximum absolute atomic E-state index is 9.06. The van der Waals surface area contributed by atoms with Gasteiger partial charge in [0.05, 0.1) is 0 Å². The second-order valence-electron chi connectivity index (χ2n) is 0.972. The van der Waals surface area contributed by atoms with E-state index in [1.54, 1.807) is 7.05 Å². The number of amides is 1. The minimum absolute atomic E-state index is 0.625. The third-order valence-corrected chi connectivity index (χ3v) is 0.118. The molecule has 12 heavy (non-hydrogen) atoms.